The molecule has 17 heavy (non-hydrogen) atoms. The van der Waals surface area contributed by atoms with Crippen LogP contribution in [0.25, 0.3) is 0 Å². The van der Waals surface area contributed by atoms with Crippen LogP contribution >= 0.6 is 15.9 Å². The highest BCUT2D eigenvalue weighted by Gasteiger charge is 2.20. The molecule has 0 amide bonds. The highest BCUT2D eigenvalue weighted by molar-refractivity contribution is 9.09. The fourth-order valence-corrected chi connectivity index (χ4v) is 2.84. The molecule has 0 saturated heterocycles. The normalized spacial score (nSPS) is 26.5. The van der Waals surface area contributed by atoms with Crippen molar-refractivity contribution in [1.29, 1.82) is 0 Å². The minimum absolute atomic E-state index is 0.362. The van der Waals surface area contributed by atoms with Crippen molar-refractivity contribution in [2.24, 2.45) is 0 Å². The summed E-state index contributed by atoms with van der Waals surface area (Å²) in [6.07, 6.45) is 8.10. The van der Waals surface area contributed by atoms with Crippen molar-refractivity contribution in [3.05, 3.63) is 0 Å². The summed E-state index contributed by atoms with van der Waals surface area (Å²) >= 11 is 3.75. The standard InChI is InChI=1S/C13H25BrO3/c1-15-8-9-16-10-11-17-13-7-5-3-2-4-6-12(13)14/h12-13H,2-11H2,1H3. The van der Waals surface area contributed by atoms with Gasteiger partial charge in [0, 0.05) is 11.9 Å². The van der Waals surface area contributed by atoms with Crippen molar-refractivity contribution in [2.45, 2.75) is 49.5 Å². The lowest BCUT2D eigenvalue weighted by Crippen LogP contribution is -2.27. The maximum Gasteiger partial charge on any atom is 0.0704 e. The zero-order chi connectivity index (χ0) is 12.3. The van der Waals surface area contributed by atoms with Gasteiger partial charge in [-0.05, 0) is 12.8 Å². The fourth-order valence-electron chi connectivity index (χ4n) is 2.10. The topological polar surface area (TPSA) is 27.7 Å². The lowest BCUT2D eigenvalue weighted by atomic mass is 9.98. The Labute approximate surface area is 113 Å². The summed E-state index contributed by atoms with van der Waals surface area (Å²) in [5.74, 6) is 0. The Bertz CT molecular complexity index is 178. The fraction of sp³-hybridized carbons (Fsp3) is 1.00. The quantitative estimate of drug-likeness (QED) is 0.534. The molecular formula is C13H25BrO3. The number of hydrogen-bond acceptors (Lipinski definition) is 3. The molecule has 0 aromatic rings. The highest BCUT2D eigenvalue weighted by Crippen LogP contribution is 2.25. The van der Waals surface area contributed by atoms with Gasteiger partial charge in [0.1, 0.15) is 0 Å². The van der Waals surface area contributed by atoms with E-state index in [2.05, 4.69) is 15.9 Å². The zero-order valence-corrected chi connectivity index (χ0v) is 12.4. The molecule has 1 saturated carbocycles. The molecule has 1 aliphatic carbocycles. The first kappa shape index (κ1) is 15.4. The van der Waals surface area contributed by atoms with E-state index in [1.807, 2.05) is 0 Å². The van der Waals surface area contributed by atoms with Gasteiger partial charge in [0.05, 0.1) is 32.5 Å². The minimum atomic E-state index is 0.362. The van der Waals surface area contributed by atoms with E-state index in [0.29, 0.717) is 37.4 Å². The maximum atomic E-state index is 5.90. The third kappa shape index (κ3) is 7.39. The molecule has 1 fully saturated rings. The number of ether oxygens (including phenoxy) is 3. The molecule has 0 radical (unpaired) electrons. The average Bonchev–Trinajstić information content (AvgIpc) is 2.32. The third-order valence-electron chi connectivity index (χ3n) is 3.11. The first-order chi connectivity index (χ1) is 8.34. The van der Waals surface area contributed by atoms with E-state index in [-0.39, 0.29) is 0 Å². The molecule has 0 aliphatic heterocycles. The molecule has 0 bridgehead atoms. The second-order valence-electron chi connectivity index (χ2n) is 4.52. The molecule has 0 spiro atoms. The summed E-state index contributed by atoms with van der Waals surface area (Å²) in [4.78, 5) is 0.516. The highest BCUT2D eigenvalue weighted by atomic mass is 79.9. The first-order valence-corrected chi connectivity index (χ1v) is 7.58. The van der Waals surface area contributed by atoms with Crippen molar-refractivity contribution in [3.8, 4) is 0 Å². The average molecular weight is 309 g/mol. The van der Waals surface area contributed by atoms with E-state index in [0.717, 1.165) is 0 Å². The van der Waals surface area contributed by atoms with Crippen LogP contribution in [0.2, 0.25) is 0 Å². The summed E-state index contributed by atoms with van der Waals surface area (Å²) in [6.45, 7) is 2.67. The number of methoxy groups -OCH3 is 1. The molecule has 102 valence electrons. The number of halogens is 1. The van der Waals surface area contributed by atoms with Gasteiger partial charge in [0.2, 0.25) is 0 Å². The summed E-state index contributed by atoms with van der Waals surface area (Å²) < 4.78 is 16.2. The molecule has 2 unspecified atom stereocenters. The van der Waals surface area contributed by atoms with Gasteiger partial charge < -0.3 is 14.2 Å². The summed E-state index contributed by atoms with van der Waals surface area (Å²) in [5, 5.41) is 0. The van der Waals surface area contributed by atoms with Gasteiger partial charge in [0.15, 0.2) is 0 Å². The van der Waals surface area contributed by atoms with Gasteiger partial charge in [-0.25, -0.2) is 0 Å². The molecule has 0 aromatic carbocycles. The lowest BCUT2D eigenvalue weighted by Gasteiger charge is -2.25. The summed E-state index contributed by atoms with van der Waals surface area (Å²) in [6, 6.07) is 0. The Morgan fingerprint density at radius 3 is 2.41 bits per heavy atom. The number of alkyl halides is 1. The van der Waals surface area contributed by atoms with Crippen LogP contribution in [0.1, 0.15) is 38.5 Å². The van der Waals surface area contributed by atoms with E-state index in [9.17, 15) is 0 Å². The zero-order valence-electron chi connectivity index (χ0n) is 10.8. The number of hydrogen-bond donors (Lipinski definition) is 0. The van der Waals surface area contributed by atoms with E-state index < -0.39 is 0 Å². The van der Waals surface area contributed by atoms with Crippen LogP contribution in [0.15, 0.2) is 0 Å². The molecule has 4 heteroatoms. The van der Waals surface area contributed by atoms with Crippen molar-refractivity contribution in [2.75, 3.05) is 33.5 Å². The van der Waals surface area contributed by atoms with Crippen LogP contribution in [0.3, 0.4) is 0 Å². The molecule has 2 atom stereocenters. The van der Waals surface area contributed by atoms with Crippen molar-refractivity contribution in [1.82, 2.24) is 0 Å². The minimum Gasteiger partial charge on any atom is -0.382 e. The Kier molecular flexibility index (Phi) is 9.34. The molecule has 1 rings (SSSR count). The van der Waals surface area contributed by atoms with Crippen LogP contribution in [0.5, 0.6) is 0 Å². The lowest BCUT2D eigenvalue weighted by molar-refractivity contribution is -0.0115. The summed E-state index contributed by atoms with van der Waals surface area (Å²) in [7, 11) is 1.68. The predicted molar refractivity (Wildman–Crippen MR) is 72.9 cm³/mol. The van der Waals surface area contributed by atoms with Gasteiger partial charge in [0.25, 0.3) is 0 Å². The second kappa shape index (κ2) is 10.3. The second-order valence-corrected chi connectivity index (χ2v) is 5.70. The SMILES string of the molecule is COCCOCCOC1CCCCCCC1Br. The van der Waals surface area contributed by atoms with Gasteiger partial charge in [-0.3, -0.25) is 0 Å². The Hall–Kier alpha value is 0.360. The Morgan fingerprint density at radius 1 is 0.941 bits per heavy atom. The van der Waals surface area contributed by atoms with Crippen molar-refractivity contribution < 1.29 is 14.2 Å². The third-order valence-corrected chi connectivity index (χ3v) is 4.16. The molecule has 0 aromatic heterocycles. The van der Waals surface area contributed by atoms with Gasteiger partial charge >= 0.3 is 0 Å². The first-order valence-electron chi connectivity index (χ1n) is 6.67. The van der Waals surface area contributed by atoms with E-state index in [4.69, 9.17) is 14.2 Å². The molecule has 3 nitrogen and oxygen atoms in total. The van der Waals surface area contributed by atoms with Gasteiger partial charge in [-0.15, -0.1) is 0 Å². The molecular weight excluding hydrogens is 284 g/mol. The molecule has 0 N–H and O–H groups in total. The molecule has 1 aliphatic rings. The monoisotopic (exact) mass is 308 g/mol. The molecule has 0 heterocycles. The van der Waals surface area contributed by atoms with Crippen LogP contribution < -0.4 is 0 Å². The van der Waals surface area contributed by atoms with E-state index in [1.165, 1.54) is 38.5 Å². The maximum absolute atomic E-state index is 5.90. The van der Waals surface area contributed by atoms with Gasteiger partial charge in [-0.2, -0.15) is 0 Å². The Morgan fingerprint density at radius 2 is 1.65 bits per heavy atom. The Balaban J connectivity index is 2.06. The predicted octanol–water partition coefficient (Wildman–Crippen LogP) is 3.15. The largest absolute Gasteiger partial charge is 0.382 e. The smallest absolute Gasteiger partial charge is 0.0704 e. The van der Waals surface area contributed by atoms with Gasteiger partial charge in [-0.1, -0.05) is 41.6 Å². The van der Waals surface area contributed by atoms with Crippen LogP contribution in [0, 0.1) is 0 Å². The van der Waals surface area contributed by atoms with E-state index in [1.54, 1.807) is 7.11 Å². The van der Waals surface area contributed by atoms with Crippen LogP contribution in [0.4, 0.5) is 0 Å². The van der Waals surface area contributed by atoms with Crippen molar-refractivity contribution >= 4 is 15.9 Å². The van der Waals surface area contributed by atoms with E-state index >= 15 is 0 Å². The van der Waals surface area contributed by atoms with Crippen molar-refractivity contribution in [3.63, 3.8) is 0 Å². The van der Waals surface area contributed by atoms with Crippen LogP contribution in [-0.4, -0.2) is 44.5 Å². The summed E-state index contributed by atoms with van der Waals surface area (Å²) in [5.41, 5.74) is 0. The number of rotatable bonds is 7. The van der Waals surface area contributed by atoms with Crippen LogP contribution in [-0.2, 0) is 14.2 Å².